The number of ether oxygens (including phenoxy) is 1. The Morgan fingerprint density at radius 1 is 1.16 bits per heavy atom. The van der Waals surface area contributed by atoms with Crippen LogP contribution in [0.3, 0.4) is 0 Å². The molecule has 2 heterocycles. The van der Waals surface area contributed by atoms with E-state index in [0.717, 1.165) is 52.1 Å². The molecule has 4 aromatic rings. The van der Waals surface area contributed by atoms with E-state index in [4.69, 9.17) is 21.4 Å². The van der Waals surface area contributed by atoms with E-state index in [2.05, 4.69) is 21.6 Å². The lowest BCUT2D eigenvalue weighted by Gasteiger charge is -2.08. The van der Waals surface area contributed by atoms with Gasteiger partial charge in [-0.3, -0.25) is 5.43 Å². The van der Waals surface area contributed by atoms with Gasteiger partial charge in [0, 0.05) is 27.9 Å². The Hall–Kier alpha value is -3.16. The number of aryl methyl sites for hydroxylation is 1. The number of thiazole rings is 1. The van der Waals surface area contributed by atoms with Gasteiger partial charge in [0.25, 0.3) is 0 Å². The summed E-state index contributed by atoms with van der Waals surface area (Å²) < 4.78 is 7.24. The number of benzene rings is 2. The van der Waals surface area contributed by atoms with Crippen LogP contribution in [0, 0.1) is 0 Å². The SMILES string of the molecule is COc1ccc(-n2nc(CC/C(C)=N/Nc3nccs3)cc2-c2ccc(Cl)cc2)cc1. The van der Waals surface area contributed by atoms with Gasteiger partial charge in [0.15, 0.2) is 0 Å². The molecule has 2 aromatic heterocycles. The van der Waals surface area contributed by atoms with E-state index in [1.807, 2.05) is 65.5 Å². The van der Waals surface area contributed by atoms with Crippen molar-refractivity contribution in [1.82, 2.24) is 14.8 Å². The van der Waals surface area contributed by atoms with E-state index in [0.29, 0.717) is 5.02 Å². The number of anilines is 1. The summed E-state index contributed by atoms with van der Waals surface area (Å²) in [6, 6.07) is 17.8. The highest BCUT2D eigenvalue weighted by atomic mass is 35.5. The molecule has 0 unspecified atom stereocenters. The molecule has 0 atom stereocenters. The summed E-state index contributed by atoms with van der Waals surface area (Å²) in [5.74, 6) is 0.809. The first-order valence-electron chi connectivity index (χ1n) is 9.80. The van der Waals surface area contributed by atoms with Crippen molar-refractivity contribution in [2.45, 2.75) is 19.8 Å². The number of hydrogen-bond donors (Lipinski definition) is 1. The Balaban J connectivity index is 1.58. The van der Waals surface area contributed by atoms with Crippen molar-refractivity contribution >= 4 is 33.8 Å². The van der Waals surface area contributed by atoms with Crippen LogP contribution in [0.1, 0.15) is 19.0 Å². The van der Waals surface area contributed by atoms with Crippen LogP contribution in [0.4, 0.5) is 5.13 Å². The van der Waals surface area contributed by atoms with Crippen molar-refractivity contribution in [3.63, 3.8) is 0 Å². The van der Waals surface area contributed by atoms with E-state index in [-0.39, 0.29) is 0 Å². The van der Waals surface area contributed by atoms with Crippen molar-refractivity contribution in [2.75, 3.05) is 12.5 Å². The Bertz CT molecular complexity index is 1150. The number of nitrogens with zero attached hydrogens (tertiary/aromatic N) is 4. The smallest absolute Gasteiger partial charge is 0.203 e. The summed E-state index contributed by atoms with van der Waals surface area (Å²) in [7, 11) is 1.66. The molecule has 1 N–H and O–H groups in total. The topological polar surface area (TPSA) is 64.3 Å². The van der Waals surface area contributed by atoms with Gasteiger partial charge in [-0.1, -0.05) is 23.7 Å². The van der Waals surface area contributed by atoms with Crippen LogP contribution in [-0.4, -0.2) is 27.6 Å². The number of aromatic nitrogens is 3. The van der Waals surface area contributed by atoms with E-state index in [1.165, 1.54) is 11.3 Å². The number of rotatable bonds is 8. The highest BCUT2D eigenvalue weighted by Gasteiger charge is 2.12. The minimum atomic E-state index is 0.707. The molecule has 0 bridgehead atoms. The van der Waals surface area contributed by atoms with Crippen molar-refractivity contribution in [2.24, 2.45) is 5.10 Å². The number of nitrogens with one attached hydrogen (secondary N) is 1. The molecule has 0 radical (unpaired) electrons. The first-order valence-corrected chi connectivity index (χ1v) is 11.1. The predicted molar refractivity (Wildman–Crippen MR) is 128 cm³/mol. The largest absolute Gasteiger partial charge is 0.497 e. The molecule has 0 spiro atoms. The van der Waals surface area contributed by atoms with E-state index >= 15 is 0 Å². The van der Waals surface area contributed by atoms with Crippen LogP contribution in [0.15, 0.2) is 71.3 Å². The van der Waals surface area contributed by atoms with Gasteiger partial charge in [0.2, 0.25) is 5.13 Å². The van der Waals surface area contributed by atoms with Gasteiger partial charge < -0.3 is 4.74 Å². The molecule has 2 aromatic carbocycles. The number of halogens is 1. The van der Waals surface area contributed by atoms with Crippen LogP contribution in [0.25, 0.3) is 16.9 Å². The molecule has 158 valence electrons. The van der Waals surface area contributed by atoms with Crippen LogP contribution >= 0.6 is 22.9 Å². The van der Waals surface area contributed by atoms with E-state index in [1.54, 1.807) is 13.3 Å². The molecule has 0 fully saturated rings. The summed E-state index contributed by atoms with van der Waals surface area (Å²) in [6.45, 7) is 2.00. The zero-order chi connectivity index (χ0) is 21.6. The highest BCUT2D eigenvalue weighted by molar-refractivity contribution is 7.13. The van der Waals surface area contributed by atoms with Gasteiger partial charge in [0.05, 0.1) is 24.2 Å². The molecular weight excluding hydrogens is 430 g/mol. The molecule has 0 saturated heterocycles. The van der Waals surface area contributed by atoms with Gasteiger partial charge in [-0.15, -0.1) is 11.3 Å². The maximum absolute atomic E-state index is 6.09. The molecule has 0 saturated carbocycles. The number of hydrazone groups is 1. The van der Waals surface area contributed by atoms with Crippen molar-refractivity contribution < 1.29 is 4.74 Å². The van der Waals surface area contributed by atoms with Gasteiger partial charge in [-0.25, -0.2) is 9.67 Å². The molecule has 6 nitrogen and oxygen atoms in total. The fraction of sp³-hybridized carbons (Fsp3) is 0.174. The van der Waals surface area contributed by atoms with Gasteiger partial charge >= 0.3 is 0 Å². The van der Waals surface area contributed by atoms with Crippen LogP contribution in [0.5, 0.6) is 5.75 Å². The summed E-state index contributed by atoms with van der Waals surface area (Å²) in [5, 5.41) is 12.7. The average molecular weight is 452 g/mol. The van der Waals surface area contributed by atoms with Crippen LogP contribution < -0.4 is 10.2 Å². The Morgan fingerprint density at radius 3 is 2.61 bits per heavy atom. The first-order chi connectivity index (χ1) is 15.1. The van der Waals surface area contributed by atoms with Crippen molar-refractivity contribution in [3.05, 3.63) is 76.9 Å². The maximum atomic E-state index is 6.09. The molecule has 8 heteroatoms. The summed E-state index contributed by atoms with van der Waals surface area (Å²) in [6.07, 6.45) is 3.32. The zero-order valence-corrected chi connectivity index (χ0v) is 18.8. The van der Waals surface area contributed by atoms with Crippen LogP contribution in [-0.2, 0) is 6.42 Å². The fourth-order valence-electron chi connectivity index (χ4n) is 3.09. The fourth-order valence-corrected chi connectivity index (χ4v) is 3.68. The molecule has 0 aliphatic heterocycles. The second kappa shape index (κ2) is 9.76. The highest BCUT2D eigenvalue weighted by Crippen LogP contribution is 2.27. The zero-order valence-electron chi connectivity index (χ0n) is 17.2. The third kappa shape index (κ3) is 5.31. The molecule has 0 aliphatic rings. The van der Waals surface area contributed by atoms with Gasteiger partial charge in [-0.2, -0.15) is 10.2 Å². The molecule has 31 heavy (non-hydrogen) atoms. The van der Waals surface area contributed by atoms with Gasteiger partial charge in [-0.05, 0) is 62.2 Å². The third-order valence-electron chi connectivity index (χ3n) is 4.73. The monoisotopic (exact) mass is 451 g/mol. The lowest BCUT2D eigenvalue weighted by atomic mass is 10.1. The predicted octanol–water partition coefficient (Wildman–Crippen LogP) is 6.08. The summed E-state index contributed by atoms with van der Waals surface area (Å²) in [5.41, 5.74) is 7.99. The Labute approximate surface area is 190 Å². The van der Waals surface area contributed by atoms with Crippen molar-refractivity contribution in [1.29, 1.82) is 0 Å². The Morgan fingerprint density at radius 2 is 1.94 bits per heavy atom. The van der Waals surface area contributed by atoms with Gasteiger partial charge in [0.1, 0.15) is 5.75 Å². The minimum absolute atomic E-state index is 0.707. The first kappa shape index (κ1) is 21.1. The van der Waals surface area contributed by atoms with E-state index < -0.39 is 0 Å². The molecule has 0 amide bonds. The quantitative estimate of drug-likeness (QED) is 0.260. The molecule has 0 aliphatic carbocycles. The minimum Gasteiger partial charge on any atom is -0.497 e. The second-order valence-electron chi connectivity index (χ2n) is 6.93. The Kier molecular flexibility index (Phi) is 6.64. The standard InChI is InChI=1S/C23H22ClN5OS/c1-16(26-27-23-25-13-14-31-23)3-8-19-15-22(17-4-6-18(24)7-5-17)29(28-19)20-9-11-21(30-2)12-10-20/h4-7,9-15H,3,8H2,1-2H3,(H,25,27)/b26-16+. The lowest BCUT2D eigenvalue weighted by Crippen LogP contribution is -2.02. The molecule has 4 rings (SSSR count). The van der Waals surface area contributed by atoms with Crippen molar-refractivity contribution in [3.8, 4) is 22.7 Å². The summed E-state index contributed by atoms with van der Waals surface area (Å²) >= 11 is 7.61. The maximum Gasteiger partial charge on any atom is 0.203 e. The summed E-state index contributed by atoms with van der Waals surface area (Å²) in [4.78, 5) is 4.17. The second-order valence-corrected chi connectivity index (χ2v) is 8.26. The number of methoxy groups -OCH3 is 1. The normalized spacial score (nSPS) is 11.5. The average Bonchev–Trinajstić information content (AvgIpc) is 3.47. The molecular formula is C23H22ClN5OS. The van der Waals surface area contributed by atoms with E-state index in [9.17, 15) is 0 Å². The van der Waals surface area contributed by atoms with Crippen LogP contribution in [0.2, 0.25) is 5.02 Å². The number of hydrogen-bond acceptors (Lipinski definition) is 6. The lowest BCUT2D eigenvalue weighted by molar-refractivity contribution is 0.414. The third-order valence-corrected chi connectivity index (χ3v) is 5.66.